The van der Waals surface area contributed by atoms with Crippen molar-refractivity contribution in [1.82, 2.24) is 10.4 Å². The zero-order valence-electron chi connectivity index (χ0n) is 16.1. The molecule has 7 nitrogen and oxygen atoms in total. The SMILES string of the molecule is O=C(NN(C(=O)OCc1ccccc1)C1CCCCC1=O)OCc1ccccc1. The Labute approximate surface area is 169 Å². The molecule has 0 bridgehead atoms. The summed E-state index contributed by atoms with van der Waals surface area (Å²) in [5.74, 6) is -0.101. The minimum atomic E-state index is -0.816. The zero-order chi connectivity index (χ0) is 20.5. The van der Waals surface area contributed by atoms with E-state index in [-0.39, 0.29) is 19.0 Å². The largest absolute Gasteiger partial charge is 0.443 e. The molecule has 1 N–H and O–H groups in total. The molecular weight excluding hydrogens is 372 g/mol. The van der Waals surface area contributed by atoms with Crippen LogP contribution in [0.15, 0.2) is 60.7 Å². The molecule has 152 valence electrons. The molecule has 2 aromatic rings. The molecule has 0 spiro atoms. The van der Waals surface area contributed by atoms with E-state index in [1.807, 2.05) is 60.7 Å². The van der Waals surface area contributed by atoms with Crippen LogP contribution in [-0.4, -0.2) is 29.0 Å². The van der Waals surface area contributed by atoms with Crippen molar-refractivity contribution in [1.29, 1.82) is 0 Å². The molecule has 0 aliphatic heterocycles. The number of rotatable bonds is 5. The summed E-state index contributed by atoms with van der Waals surface area (Å²) in [7, 11) is 0. The summed E-state index contributed by atoms with van der Waals surface area (Å²) in [4.78, 5) is 37.2. The van der Waals surface area contributed by atoms with Gasteiger partial charge in [-0.1, -0.05) is 67.1 Å². The number of nitrogens with zero attached hydrogens (tertiary/aromatic N) is 1. The van der Waals surface area contributed by atoms with Crippen molar-refractivity contribution in [2.45, 2.75) is 44.9 Å². The molecule has 1 atom stereocenters. The van der Waals surface area contributed by atoms with Crippen molar-refractivity contribution in [2.24, 2.45) is 0 Å². The fourth-order valence-electron chi connectivity index (χ4n) is 3.13. The van der Waals surface area contributed by atoms with Crippen LogP contribution in [0.4, 0.5) is 9.59 Å². The first-order valence-electron chi connectivity index (χ1n) is 9.63. The van der Waals surface area contributed by atoms with Crippen LogP contribution in [0.1, 0.15) is 36.8 Å². The zero-order valence-corrected chi connectivity index (χ0v) is 16.1. The predicted octanol–water partition coefficient (Wildman–Crippen LogP) is 3.98. The monoisotopic (exact) mass is 396 g/mol. The molecule has 2 aromatic carbocycles. The highest BCUT2D eigenvalue weighted by atomic mass is 16.6. The summed E-state index contributed by atoms with van der Waals surface area (Å²) in [6.07, 6.45) is 0.807. The Morgan fingerprint density at radius 2 is 1.48 bits per heavy atom. The molecule has 0 heterocycles. The lowest BCUT2D eigenvalue weighted by Crippen LogP contribution is -2.55. The standard InChI is InChI=1S/C22H24N2O5/c25-20-14-8-7-13-19(20)24(22(27)29-16-18-11-5-2-6-12-18)23-21(26)28-15-17-9-3-1-4-10-17/h1-6,9-12,19H,7-8,13-16H2,(H,23,26). The number of hydrazine groups is 1. The van der Waals surface area contributed by atoms with Crippen LogP contribution in [0.3, 0.4) is 0 Å². The average molecular weight is 396 g/mol. The lowest BCUT2D eigenvalue weighted by molar-refractivity contribution is -0.126. The van der Waals surface area contributed by atoms with E-state index in [2.05, 4.69) is 5.43 Å². The van der Waals surface area contributed by atoms with Crippen LogP contribution < -0.4 is 5.43 Å². The minimum Gasteiger partial charge on any atom is -0.443 e. The van der Waals surface area contributed by atoms with Gasteiger partial charge in [0.25, 0.3) is 0 Å². The molecule has 3 rings (SSSR count). The van der Waals surface area contributed by atoms with Crippen LogP contribution in [0.5, 0.6) is 0 Å². The Hall–Kier alpha value is -3.35. The number of benzene rings is 2. The van der Waals surface area contributed by atoms with E-state index >= 15 is 0 Å². The Balaban J connectivity index is 1.62. The van der Waals surface area contributed by atoms with Gasteiger partial charge in [0.15, 0.2) is 5.78 Å². The highest BCUT2D eigenvalue weighted by Crippen LogP contribution is 2.20. The van der Waals surface area contributed by atoms with Crippen molar-refractivity contribution < 1.29 is 23.9 Å². The summed E-state index contributed by atoms with van der Waals surface area (Å²) in [6, 6.07) is 17.6. The van der Waals surface area contributed by atoms with E-state index < -0.39 is 18.2 Å². The molecule has 0 radical (unpaired) electrons. The van der Waals surface area contributed by atoms with E-state index in [0.717, 1.165) is 29.0 Å². The van der Waals surface area contributed by atoms with Crippen LogP contribution in [0.25, 0.3) is 0 Å². The first-order valence-corrected chi connectivity index (χ1v) is 9.63. The minimum absolute atomic E-state index is 0.0395. The molecule has 0 saturated heterocycles. The first-order chi connectivity index (χ1) is 14.1. The third kappa shape index (κ3) is 6.07. The fraction of sp³-hybridized carbons (Fsp3) is 0.318. The highest BCUT2D eigenvalue weighted by molar-refractivity contribution is 5.88. The summed E-state index contributed by atoms with van der Waals surface area (Å²) < 4.78 is 10.5. The van der Waals surface area contributed by atoms with Gasteiger partial charge in [-0.25, -0.2) is 20.0 Å². The Kier molecular flexibility index (Phi) is 7.22. The van der Waals surface area contributed by atoms with Gasteiger partial charge in [0.2, 0.25) is 0 Å². The number of carbonyl (C=O) groups excluding carboxylic acids is 3. The highest BCUT2D eigenvalue weighted by Gasteiger charge is 2.34. The second-order valence-corrected chi connectivity index (χ2v) is 6.81. The quantitative estimate of drug-likeness (QED) is 0.773. The van der Waals surface area contributed by atoms with Gasteiger partial charge in [-0.2, -0.15) is 0 Å². The summed E-state index contributed by atoms with van der Waals surface area (Å²) in [5, 5.41) is 0.970. The van der Waals surface area contributed by atoms with E-state index in [9.17, 15) is 14.4 Å². The number of ether oxygens (including phenoxy) is 2. The lowest BCUT2D eigenvalue weighted by Gasteiger charge is -2.31. The van der Waals surface area contributed by atoms with Gasteiger partial charge in [-0.15, -0.1) is 0 Å². The van der Waals surface area contributed by atoms with Crippen molar-refractivity contribution >= 4 is 18.0 Å². The molecule has 7 heteroatoms. The molecule has 1 fully saturated rings. The third-order valence-electron chi connectivity index (χ3n) is 4.66. The van der Waals surface area contributed by atoms with E-state index in [4.69, 9.17) is 9.47 Å². The number of Topliss-reactive ketones (excluding diaryl/α,β-unsaturated/α-hetero) is 1. The second-order valence-electron chi connectivity index (χ2n) is 6.81. The van der Waals surface area contributed by atoms with Crippen LogP contribution in [-0.2, 0) is 27.5 Å². The summed E-state index contributed by atoms with van der Waals surface area (Å²) in [6.45, 7) is 0.0933. The van der Waals surface area contributed by atoms with Crippen molar-refractivity contribution in [3.8, 4) is 0 Å². The number of hydrogen-bond donors (Lipinski definition) is 1. The number of ketones is 1. The van der Waals surface area contributed by atoms with E-state index in [0.29, 0.717) is 12.8 Å². The Morgan fingerprint density at radius 1 is 0.897 bits per heavy atom. The van der Waals surface area contributed by atoms with E-state index in [1.54, 1.807) is 0 Å². The molecule has 2 amide bonds. The Bertz CT molecular complexity index is 826. The summed E-state index contributed by atoms with van der Waals surface area (Å²) >= 11 is 0. The Morgan fingerprint density at radius 3 is 2.07 bits per heavy atom. The van der Waals surface area contributed by atoms with Crippen LogP contribution in [0, 0.1) is 0 Å². The number of carbonyl (C=O) groups is 3. The third-order valence-corrected chi connectivity index (χ3v) is 4.66. The van der Waals surface area contributed by atoms with Gasteiger partial charge < -0.3 is 9.47 Å². The predicted molar refractivity (Wildman–Crippen MR) is 105 cm³/mol. The molecule has 1 aliphatic rings. The number of hydrogen-bond acceptors (Lipinski definition) is 5. The molecule has 29 heavy (non-hydrogen) atoms. The number of nitrogens with one attached hydrogen (secondary N) is 1. The van der Waals surface area contributed by atoms with Crippen molar-refractivity contribution in [3.05, 3.63) is 71.8 Å². The molecule has 0 aromatic heterocycles. The normalized spacial score (nSPS) is 16.0. The second kappa shape index (κ2) is 10.3. The molecule has 1 unspecified atom stereocenters. The topological polar surface area (TPSA) is 84.9 Å². The molecule has 1 saturated carbocycles. The number of amides is 2. The van der Waals surface area contributed by atoms with Gasteiger partial charge in [0.1, 0.15) is 19.3 Å². The average Bonchev–Trinajstić information content (AvgIpc) is 2.76. The van der Waals surface area contributed by atoms with Gasteiger partial charge >= 0.3 is 12.2 Å². The first kappa shape index (κ1) is 20.4. The maximum Gasteiger partial charge on any atom is 0.429 e. The maximum atomic E-state index is 12.7. The fourth-order valence-corrected chi connectivity index (χ4v) is 3.13. The van der Waals surface area contributed by atoms with Gasteiger partial charge in [0.05, 0.1) is 0 Å². The molecule has 1 aliphatic carbocycles. The van der Waals surface area contributed by atoms with Gasteiger partial charge in [0, 0.05) is 6.42 Å². The van der Waals surface area contributed by atoms with Crippen molar-refractivity contribution in [2.75, 3.05) is 0 Å². The molecular formula is C22H24N2O5. The smallest absolute Gasteiger partial charge is 0.429 e. The van der Waals surface area contributed by atoms with Crippen LogP contribution in [0.2, 0.25) is 0 Å². The summed E-state index contributed by atoms with van der Waals surface area (Å²) in [5.41, 5.74) is 4.02. The van der Waals surface area contributed by atoms with Crippen molar-refractivity contribution in [3.63, 3.8) is 0 Å². The van der Waals surface area contributed by atoms with E-state index in [1.165, 1.54) is 0 Å². The van der Waals surface area contributed by atoms with Crippen LogP contribution >= 0.6 is 0 Å². The van der Waals surface area contributed by atoms with Gasteiger partial charge in [-0.05, 0) is 24.0 Å². The lowest BCUT2D eigenvalue weighted by atomic mass is 9.94. The maximum absolute atomic E-state index is 12.7. The van der Waals surface area contributed by atoms with Gasteiger partial charge in [-0.3, -0.25) is 4.79 Å².